The van der Waals surface area contributed by atoms with Gasteiger partial charge in [-0.05, 0) is 35.2 Å². The number of anilines is 1. The number of benzene rings is 1. The maximum Gasteiger partial charge on any atom is 0.274 e. The Balaban J connectivity index is 1.81. The van der Waals surface area contributed by atoms with Crippen LogP contribution in [-0.4, -0.2) is 42.0 Å². The van der Waals surface area contributed by atoms with Crippen LogP contribution in [0.15, 0.2) is 59.5 Å². The van der Waals surface area contributed by atoms with E-state index in [1.165, 1.54) is 32.1 Å². The molecule has 0 saturated heterocycles. The number of aliphatic imine (C=N–C) groups is 1. The summed E-state index contributed by atoms with van der Waals surface area (Å²) in [6.07, 6.45) is 3.03. The zero-order chi connectivity index (χ0) is 21.7. The molecule has 1 unspecified atom stereocenters. The van der Waals surface area contributed by atoms with Crippen LogP contribution >= 0.6 is 0 Å². The fourth-order valence-corrected chi connectivity index (χ4v) is 3.08. The molecule has 3 rings (SSSR count). The molecule has 0 radical (unpaired) electrons. The third kappa shape index (κ3) is 4.96. The van der Waals surface area contributed by atoms with Gasteiger partial charge < -0.3 is 25.2 Å². The Morgan fingerprint density at radius 2 is 1.93 bits per heavy atom. The lowest BCUT2D eigenvalue weighted by Gasteiger charge is -2.30. The van der Waals surface area contributed by atoms with Crippen LogP contribution in [0.4, 0.5) is 5.69 Å². The van der Waals surface area contributed by atoms with Gasteiger partial charge in [0.25, 0.3) is 5.91 Å². The molecule has 1 aliphatic heterocycles. The predicted molar refractivity (Wildman–Crippen MR) is 114 cm³/mol. The molecule has 1 aromatic heterocycles. The second-order valence-electron chi connectivity index (χ2n) is 7.23. The molecule has 1 atom stereocenters. The van der Waals surface area contributed by atoms with E-state index in [4.69, 9.17) is 9.47 Å². The van der Waals surface area contributed by atoms with Crippen molar-refractivity contribution < 1.29 is 19.4 Å². The zero-order valence-corrected chi connectivity index (χ0v) is 17.5. The lowest BCUT2D eigenvalue weighted by Crippen LogP contribution is -2.48. The Labute approximate surface area is 175 Å². The van der Waals surface area contributed by atoms with E-state index in [0.717, 1.165) is 0 Å². The van der Waals surface area contributed by atoms with Gasteiger partial charge in [-0.1, -0.05) is 32.0 Å². The van der Waals surface area contributed by atoms with Crippen LogP contribution in [0, 0.1) is 0 Å². The number of methoxy groups -OCH3 is 2. The molecule has 8 heteroatoms. The minimum atomic E-state index is -1.75. The topological polar surface area (TPSA) is 105 Å². The molecule has 1 aliphatic rings. The quantitative estimate of drug-likeness (QED) is 0.676. The molecular weight excluding hydrogens is 384 g/mol. The maximum absolute atomic E-state index is 12.9. The molecule has 158 valence electrons. The summed E-state index contributed by atoms with van der Waals surface area (Å²) in [6, 6.07) is 11.1. The van der Waals surface area contributed by atoms with Crippen LogP contribution < -0.4 is 10.6 Å². The number of amides is 1. The van der Waals surface area contributed by atoms with E-state index in [9.17, 15) is 9.90 Å². The average Bonchev–Trinajstić information content (AvgIpc) is 2.73. The third-order valence-electron chi connectivity index (χ3n) is 4.68. The summed E-state index contributed by atoms with van der Waals surface area (Å²) in [7, 11) is 2.91. The number of pyridine rings is 1. The highest BCUT2D eigenvalue weighted by Crippen LogP contribution is 2.22. The van der Waals surface area contributed by atoms with E-state index < -0.39 is 5.85 Å². The second-order valence-corrected chi connectivity index (χ2v) is 7.23. The van der Waals surface area contributed by atoms with Crippen molar-refractivity contribution in [3.63, 3.8) is 0 Å². The van der Waals surface area contributed by atoms with E-state index in [2.05, 4.69) is 34.5 Å². The van der Waals surface area contributed by atoms with Crippen LogP contribution in [0.2, 0.25) is 0 Å². The molecule has 30 heavy (non-hydrogen) atoms. The zero-order valence-electron chi connectivity index (χ0n) is 17.5. The lowest BCUT2D eigenvalue weighted by atomic mass is 10.0. The minimum Gasteiger partial charge on any atom is -0.482 e. The number of nitrogens with one attached hydrogen (secondary N) is 2. The van der Waals surface area contributed by atoms with Gasteiger partial charge in [-0.3, -0.25) is 9.78 Å². The summed E-state index contributed by atoms with van der Waals surface area (Å²) in [5.41, 5.74) is 2.56. The molecule has 1 aromatic carbocycles. The smallest absolute Gasteiger partial charge is 0.274 e. The van der Waals surface area contributed by atoms with Gasteiger partial charge in [0.15, 0.2) is 5.88 Å². The van der Waals surface area contributed by atoms with E-state index in [1.54, 1.807) is 12.1 Å². The van der Waals surface area contributed by atoms with Gasteiger partial charge in [0, 0.05) is 18.3 Å². The van der Waals surface area contributed by atoms with Crippen molar-refractivity contribution in [2.45, 2.75) is 32.0 Å². The Bertz CT molecular complexity index is 969. The number of hydrogen-bond acceptors (Lipinski definition) is 7. The Hall–Kier alpha value is -3.39. The van der Waals surface area contributed by atoms with Crippen molar-refractivity contribution in [3.8, 4) is 0 Å². The summed E-state index contributed by atoms with van der Waals surface area (Å²) in [5.74, 6) is -1.22. The number of rotatable bonds is 6. The number of hydrogen-bond donors (Lipinski definition) is 3. The molecule has 2 aromatic rings. The monoisotopic (exact) mass is 410 g/mol. The molecule has 0 aliphatic carbocycles. The van der Waals surface area contributed by atoms with Crippen molar-refractivity contribution in [3.05, 3.63) is 71.4 Å². The number of carbonyl (C=O) groups excluding carboxylic acids is 1. The van der Waals surface area contributed by atoms with Crippen molar-refractivity contribution in [2.75, 3.05) is 19.5 Å². The maximum atomic E-state index is 12.9. The van der Waals surface area contributed by atoms with Crippen molar-refractivity contribution in [1.82, 2.24) is 10.3 Å². The van der Waals surface area contributed by atoms with Gasteiger partial charge in [-0.25, -0.2) is 0 Å². The first-order valence-corrected chi connectivity index (χ1v) is 9.59. The first-order valence-electron chi connectivity index (χ1n) is 9.59. The fourth-order valence-electron chi connectivity index (χ4n) is 3.08. The second kappa shape index (κ2) is 8.96. The van der Waals surface area contributed by atoms with Crippen LogP contribution in [0.25, 0.3) is 0 Å². The van der Waals surface area contributed by atoms with E-state index in [-0.39, 0.29) is 23.9 Å². The third-order valence-corrected chi connectivity index (χ3v) is 4.68. The summed E-state index contributed by atoms with van der Waals surface area (Å²) in [6.45, 7) is 4.22. The average molecular weight is 410 g/mol. The number of aromatic nitrogens is 1. The van der Waals surface area contributed by atoms with Crippen LogP contribution in [0.5, 0.6) is 0 Å². The molecule has 8 nitrogen and oxygen atoms in total. The highest BCUT2D eigenvalue weighted by molar-refractivity contribution is 6.03. The number of nitrogens with zero attached hydrogens (tertiary/aromatic N) is 2. The molecule has 0 fully saturated rings. The van der Waals surface area contributed by atoms with Gasteiger partial charge in [-0.15, -0.1) is 0 Å². The molecule has 3 N–H and O–H groups in total. The largest absolute Gasteiger partial charge is 0.482 e. The highest BCUT2D eigenvalue weighted by Gasteiger charge is 2.33. The van der Waals surface area contributed by atoms with E-state index in [1.807, 2.05) is 24.3 Å². The molecule has 2 heterocycles. The van der Waals surface area contributed by atoms with Gasteiger partial charge in [-0.2, -0.15) is 4.99 Å². The Morgan fingerprint density at radius 3 is 2.57 bits per heavy atom. The standard InChI is InChI=1S/C22H26N4O4/c1-14(2)15-7-9-17(10-8-15)24-21(27)20-16(6-5-11-23-20)13-22(28)25-18(29-3)12-19(26-22)30-4/h5-12,14,25,28H,13H2,1-4H3,(H,24,27). The Kier molecular flexibility index (Phi) is 6.37. The minimum absolute atomic E-state index is 0.0244. The fraction of sp³-hybridized carbons (Fsp3) is 0.318. The number of aliphatic hydroxyl groups is 1. The molecule has 0 bridgehead atoms. The highest BCUT2D eigenvalue weighted by atomic mass is 16.5. The SMILES string of the molecule is COC1=CC(OC)=NC(O)(Cc2cccnc2C(=O)Nc2ccc(C(C)C)cc2)N1. The number of carbonyl (C=O) groups is 1. The first kappa shape index (κ1) is 21.3. The normalized spacial score (nSPS) is 18.2. The van der Waals surface area contributed by atoms with Crippen molar-refractivity contribution in [2.24, 2.45) is 4.99 Å². The van der Waals surface area contributed by atoms with Gasteiger partial charge in [0.1, 0.15) is 5.69 Å². The van der Waals surface area contributed by atoms with E-state index >= 15 is 0 Å². The lowest BCUT2D eigenvalue weighted by molar-refractivity contribution is 0.00256. The first-order chi connectivity index (χ1) is 14.3. The predicted octanol–water partition coefficient (Wildman–Crippen LogP) is 2.78. The number of ether oxygens (including phenoxy) is 2. The molecule has 0 saturated carbocycles. The van der Waals surface area contributed by atoms with Crippen LogP contribution in [-0.2, 0) is 15.9 Å². The van der Waals surface area contributed by atoms with Crippen molar-refractivity contribution >= 4 is 17.5 Å². The molecule has 0 spiro atoms. The van der Waals surface area contributed by atoms with E-state index in [0.29, 0.717) is 23.1 Å². The summed E-state index contributed by atoms with van der Waals surface area (Å²) >= 11 is 0. The van der Waals surface area contributed by atoms with Gasteiger partial charge in [0.2, 0.25) is 11.7 Å². The van der Waals surface area contributed by atoms with Gasteiger partial charge >= 0.3 is 0 Å². The van der Waals surface area contributed by atoms with Crippen LogP contribution in [0.1, 0.15) is 41.4 Å². The Morgan fingerprint density at radius 1 is 1.20 bits per heavy atom. The summed E-state index contributed by atoms with van der Waals surface area (Å²) in [4.78, 5) is 21.2. The summed E-state index contributed by atoms with van der Waals surface area (Å²) < 4.78 is 10.3. The molecule has 1 amide bonds. The molecular formula is C22H26N4O4. The van der Waals surface area contributed by atoms with Gasteiger partial charge in [0.05, 0.1) is 20.3 Å². The van der Waals surface area contributed by atoms with Crippen LogP contribution in [0.3, 0.4) is 0 Å². The van der Waals surface area contributed by atoms with Crippen molar-refractivity contribution in [1.29, 1.82) is 0 Å². The summed E-state index contributed by atoms with van der Waals surface area (Å²) in [5, 5.41) is 16.6.